The summed E-state index contributed by atoms with van der Waals surface area (Å²) in [6.45, 7) is 1.66. The van der Waals surface area contributed by atoms with Crippen LogP contribution in [0.4, 0.5) is 11.4 Å². The summed E-state index contributed by atoms with van der Waals surface area (Å²) in [5.74, 6) is -0.384. The van der Waals surface area contributed by atoms with Gasteiger partial charge in [0.25, 0.3) is 0 Å². The van der Waals surface area contributed by atoms with Gasteiger partial charge in [0.1, 0.15) is 6.04 Å². The van der Waals surface area contributed by atoms with Gasteiger partial charge in [0, 0.05) is 0 Å². The van der Waals surface area contributed by atoms with E-state index in [9.17, 15) is 4.79 Å². The van der Waals surface area contributed by atoms with E-state index in [0.717, 1.165) is 0 Å². The zero-order chi connectivity index (χ0) is 12.3. The summed E-state index contributed by atoms with van der Waals surface area (Å²) in [7, 11) is 1.32. The highest BCUT2D eigenvalue weighted by molar-refractivity contribution is 6.42. The number of benzene rings is 1. The second-order valence-corrected chi connectivity index (χ2v) is 4.06. The van der Waals surface area contributed by atoms with E-state index in [0.29, 0.717) is 21.4 Å². The van der Waals surface area contributed by atoms with Crippen molar-refractivity contribution in [3.63, 3.8) is 0 Å². The molecule has 0 spiro atoms. The molecule has 0 saturated heterocycles. The summed E-state index contributed by atoms with van der Waals surface area (Å²) < 4.78 is 4.58. The van der Waals surface area contributed by atoms with Crippen LogP contribution in [0, 0.1) is 0 Å². The molecule has 0 bridgehead atoms. The highest BCUT2D eigenvalue weighted by Crippen LogP contribution is 2.31. The van der Waals surface area contributed by atoms with Gasteiger partial charge in [0.15, 0.2) is 0 Å². The summed E-state index contributed by atoms with van der Waals surface area (Å²) in [6, 6.07) is 2.58. The van der Waals surface area contributed by atoms with Crippen LogP contribution in [-0.4, -0.2) is 19.1 Å². The van der Waals surface area contributed by atoms with E-state index in [1.165, 1.54) is 13.2 Å². The SMILES string of the molecule is COC(=O)C(C)Nc1cc(Cl)c(Cl)cc1N. The summed E-state index contributed by atoms with van der Waals surface area (Å²) in [4.78, 5) is 11.2. The van der Waals surface area contributed by atoms with E-state index in [-0.39, 0.29) is 5.97 Å². The number of anilines is 2. The molecule has 1 aromatic rings. The van der Waals surface area contributed by atoms with Crippen molar-refractivity contribution < 1.29 is 9.53 Å². The Kier molecular flexibility index (Phi) is 4.26. The van der Waals surface area contributed by atoms with Crippen LogP contribution < -0.4 is 11.1 Å². The van der Waals surface area contributed by atoms with Crippen LogP contribution in [0.2, 0.25) is 10.0 Å². The Labute approximate surface area is 104 Å². The number of esters is 1. The first-order chi connectivity index (χ1) is 7.45. The molecule has 0 radical (unpaired) electrons. The van der Waals surface area contributed by atoms with Gasteiger partial charge in [0.05, 0.1) is 28.5 Å². The molecule has 0 aliphatic carbocycles. The van der Waals surface area contributed by atoms with Gasteiger partial charge in [-0.2, -0.15) is 0 Å². The zero-order valence-corrected chi connectivity index (χ0v) is 10.4. The van der Waals surface area contributed by atoms with Crippen LogP contribution in [0.25, 0.3) is 0 Å². The van der Waals surface area contributed by atoms with Crippen molar-refractivity contribution in [2.75, 3.05) is 18.2 Å². The van der Waals surface area contributed by atoms with Crippen LogP contribution >= 0.6 is 23.2 Å². The predicted octanol–water partition coefficient (Wildman–Crippen LogP) is 2.55. The number of carbonyl (C=O) groups is 1. The third-order valence-corrected chi connectivity index (χ3v) is 2.74. The second kappa shape index (κ2) is 5.27. The van der Waals surface area contributed by atoms with Gasteiger partial charge in [-0.1, -0.05) is 23.2 Å². The highest BCUT2D eigenvalue weighted by atomic mass is 35.5. The largest absolute Gasteiger partial charge is 0.467 e. The van der Waals surface area contributed by atoms with Crippen molar-refractivity contribution in [3.05, 3.63) is 22.2 Å². The average molecular weight is 263 g/mol. The molecule has 0 heterocycles. The highest BCUT2D eigenvalue weighted by Gasteiger charge is 2.14. The Bertz CT molecular complexity index is 410. The monoisotopic (exact) mass is 262 g/mol. The lowest BCUT2D eigenvalue weighted by molar-refractivity contribution is -0.141. The first-order valence-electron chi connectivity index (χ1n) is 4.54. The number of nitrogens with one attached hydrogen (secondary N) is 1. The second-order valence-electron chi connectivity index (χ2n) is 3.24. The van der Waals surface area contributed by atoms with Gasteiger partial charge in [-0.15, -0.1) is 0 Å². The standard InChI is InChI=1S/C10H12Cl2N2O2/c1-5(10(15)16-2)14-9-4-7(12)6(11)3-8(9)13/h3-5,14H,13H2,1-2H3. The van der Waals surface area contributed by atoms with Gasteiger partial charge in [-0.25, -0.2) is 4.79 Å². The van der Waals surface area contributed by atoms with E-state index in [4.69, 9.17) is 28.9 Å². The van der Waals surface area contributed by atoms with Gasteiger partial charge in [-0.3, -0.25) is 0 Å². The van der Waals surface area contributed by atoms with Gasteiger partial charge in [0.2, 0.25) is 0 Å². The minimum absolute atomic E-state index is 0.371. The first kappa shape index (κ1) is 12.9. The van der Waals surface area contributed by atoms with Gasteiger partial charge >= 0.3 is 5.97 Å². The molecule has 6 heteroatoms. The number of halogens is 2. The summed E-state index contributed by atoms with van der Waals surface area (Å²) >= 11 is 11.6. The number of methoxy groups -OCH3 is 1. The molecule has 16 heavy (non-hydrogen) atoms. The fourth-order valence-corrected chi connectivity index (χ4v) is 1.49. The van der Waals surface area contributed by atoms with E-state index >= 15 is 0 Å². The number of nitrogens with two attached hydrogens (primary N) is 1. The maximum Gasteiger partial charge on any atom is 0.327 e. The normalized spacial score (nSPS) is 12.0. The fraction of sp³-hybridized carbons (Fsp3) is 0.300. The van der Waals surface area contributed by atoms with E-state index in [2.05, 4.69) is 10.1 Å². The Morgan fingerprint density at radius 1 is 1.44 bits per heavy atom. The fourth-order valence-electron chi connectivity index (χ4n) is 1.16. The van der Waals surface area contributed by atoms with Crippen molar-refractivity contribution in [2.45, 2.75) is 13.0 Å². The molecule has 1 rings (SSSR count). The number of hydrogen-bond acceptors (Lipinski definition) is 4. The van der Waals surface area contributed by atoms with Gasteiger partial charge < -0.3 is 15.8 Å². The lowest BCUT2D eigenvalue weighted by Gasteiger charge is -2.15. The topological polar surface area (TPSA) is 64.3 Å². The Hall–Kier alpha value is -1.13. The third kappa shape index (κ3) is 2.93. The van der Waals surface area contributed by atoms with Crippen molar-refractivity contribution >= 4 is 40.5 Å². The Morgan fingerprint density at radius 3 is 2.56 bits per heavy atom. The maximum atomic E-state index is 11.2. The molecule has 0 aromatic heterocycles. The van der Waals surface area contributed by atoms with Crippen molar-refractivity contribution in [2.24, 2.45) is 0 Å². The molecule has 1 aromatic carbocycles. The van der Waals surface area contributed by atoms with Crippen molar-refractivity contribution in [1.29, 1.82) is 0 Å². The lowest BCUT2D eigenvalue weighted by atomic mass is 10.2. The minimum Gasteiger partial charge on any atom is -0.467 e. The zero-order valence-electron chi connectivity index (χ0n) is 8.88. The molecule has 4 nitrogen and oxygen atoms in total. The summed E-state index contributed by atoms with van der Waals surface area (Å²) in [5, 5.41) is 3.63. The van der Waals surface area contributed by atoms with E-state index in [1.54, 1.807) is 13.0 Å². The van der Waals surface area contributed by atoms with E-state index < -0.39 is 6.04 Å². The minimum atomic E-state index is -0.510. The number of rotatable bonds is 3. The number of carbonyl (C=O) groups excluding carboxylic acids is 1. The smallest absolute Gasteiger partial charge is 0.327 e. The van der Waals surface area contributed by atoms with E-state index in [1.807, 2.05) is 0 Å². The van der Waals surface area contributed by atoms with Crippen LogP contribution in [0.1, 0.15) is 6.92 Å². The van der Waals surface area contributed by atoms with Crippen molar-refractivity contribution in [1.82, 2.24) is 0 Å². The molecule has 0 saturated carbocycles. The molecule has 0 fully saturated rings. The Morgan fingerprint density at radius 2 is 2.00 bits per heavy atom. The number of hydrogen-bond donors (Lipinski definition) is 2. The molecule has 0 aliphatic rings. The number of ether oxygens (including phenoxy) is 1. The molecule has 1 unspecified atom stereocenters. The lowest BCUT2D eigenvalue weighted by Crippen LogP contribution is -2.27. The average Bonchev–Trinajstić information content (AvgIpc) is 2.24. The van der Waals surface area contributed by atoms with Crippen LogP contribution in [0.5, 0.6) is 0 Å². The van der Waals surface area contributed by atoms with Crippen LogP contribution in [-0.2, 0) is 9.53 Å². The maximum absolute atomic E-state index is 11.2. The third-order valence-electron chi connectivity index (χ3n) is 2.02. The molecule has 0 aliphatic heterocycles. The summed E-state index contributed by atoms with van der Waals surface area (Å²) in [5.41, 5.74) is 6.69. The van der Waals surface area contributed by atoms with Gasteiger partial charge in [-0.05, 0) is 19.1 Å². The first-order valence-corrected chi connectivity index (χ1v) is 5.30. The summed E-state index contributed by atoms with van der Waals surface area (Å²) in [6.07, 6.45) is 0. The Balaban J connectivity index is 2.89. The van der Waals surface area contributed by atoms with Crippen LogP contribution in [0.3, 0.4) is 0 Å². The number of nitrogen functional groups attached to an aromatic ring is 1. The molecule has 0 amide bonds. The van der Waals surface area contributed by atoms with Crippen LogP contribution in [0.15, 0.2) is 12.1 Å². The quantitative estimate of drug-likeness (QED) is 0.649. The molecule has 88 valence electrons. The molecular formula is C10H12Cl2N2O2. The van der Waals surface area contributed by atoms with Crippen molar-refractivity contribution in [3.8, 4) is 0 Å². The molecular weight excluding hydrogens is 251 g/mol. The molecule has 1 atom stereocenters. The predicted molar refractivity (Wildman–Crippen MR) is 66.0 cm³/mol. The molecule has 3 N–H and O–H groups in total.